The van der Waals surface area contributed by atoms with Crippen LogP contribution in [0.3, 0.4) is 0 Å². The number of sulfonamides is 1. The van der Waals surface area contributed by atoms with Gasteiger partial charge in [-0.2, -0.15) is 0 Å². The van der Waals surface area contributed by atoms with Gasteiger partial charge in [-0.3, -0.25) is 9.69 Å². The molecule has 1 saturated heterocycles. The molecule has 214 valence electrons. The van der Waals surface area contributed by atoms with Gasteiger partial charge < -0.3 is 9.80 Å². The summed E-state index contributed by atoms with van der Waals surface area (Å²) in [5.74, 6) is -0.0914. The largest absolute Gasteiger partial charge is 0.370 e. The first-order valence-corrected chi connectivity index (χ1v) is 16.8. The summed E-state index contributed by atoms with van der Waals surface area (Å²) in [4.78, 5) is 26.7. The number of carbonyl (C=O) groups is 1. The summed E-state index contributed by atoms with van der Waals surface area (Å²) < 4.78 is 25.5. The van der Waals surface area contributed by atoms with Crippen LogP contribution in [0.5, 0.6) is 0 Å². The Bertz CT molecular complexity index is 1670. The average Bonchev–Trinajstić information content (AvgIpc) is 3.43. The van der Waals surface area contributed by atoms with E-state index in [1.165, 1.54) is 11.8 Å². The quantitative estimate of drug-likeness (QED) is 0.321. The molecule has 0 saturated carbocycles. The molecule has 0 radical (unpaired) electrons. The number of aryl methyl sites for hydroxylation is 2. The smallest absolute Gasteiger partial charge is 0.274 e. The minimum absolute atomic E-state index is 0.0914. The predicted molar refractivity (Wildman–Crippen MR) is 173 cm³/mol. The normalized spacial score (nSPS) is 18.0. The SMILES string of the molecule is CCN(CCNS(C)(=O)=O)c1ccc(N=C2SC(=C3Sc4ccccc4N3C)C(=O)N2c2cccc(C)c2)c(C)c1. The van der Waals surface area contributed by atoms with Gasteiger partial charge in [-0.05, 0) is 86.1 Å². The van der Waals surface area contributed by atoms with Crippen molar-refractivity contribution in [3.63, 3.8) is 0 Å². The highest BCUT2D eigenvalue weighted by molar-refractivity contribution is 8.20. The van der Waals surface area contributed by atoms with Crippen LogP contribution in [0.25, 0.3) is 0 Å². The highest BCUT2D eigenvalue weighted by atomic mass is 32.2. The molecule has 0 aromatic heterocycles. The van der Waals surface area contributed by atoms with E-state index in [0.717, 1.165) is 56.6 Å². The van der Waals surface area contributed by atoms with Gasteiger partial charge in [0.25, 0.3) is 5.91 Å². The first-order chi connectivity index (χ1) is 19.6. The zero-order chi connectivity index (χ0) is 29.3. The number of para-hydroxylation sites is 1. The summed E-state index contributed by atoms with van der Waals surface area (Å²) in [7, 11) is -1.25. The zero-order valence-corrected chi connectivity index (χ0v) is 26.2. The third kappa shape index (κ3) is 6.33. The molecule has 8 nitrogen and oxygen atoms in total. The number of likely N-dealkylation sites (N-methyl/N-ethyl adjacent to an activating group) is 1. The lowest BCUT2D eigenvalue weighted by Crippen LogP contribution is -2.34. The molecule has 0 unspecified atom stereocenters. The third-order valence-corrected chi connectivity index (χ3v) is 9.99. The minimum atomic E-state index is -3.24. The Labute approximate surface area is 250 Å². The standard InChI is InChI=1S/C30H33N5O3S3/c1-6-34(17-16-31-41(5,37)38)22-14-15-24(21(3)19-22)32-30-35(23-11-9-10-20(2)18-23)28(36)27(40-30)29-33(4)25-12-7-8-13-26(25)39-29/h7-15,18-19,31H,6,16-17H2,1-5H3. The molecule has 2 aliphatic heterocycles. The second kappa shape index (κ2) is 11.9. The molecule has 0 atom stereocenters. The third-order valence-electron chi connectivity index (χ3n) is 6.86. The van der Waals surface area contributed by atoms with Gasteiger partial charge in [0, 0.05) is 37.3 Å². The van der Waals surface area contributed by atoms with E-state index < -0.39 is 10.0 Å². The lowest BCUT2D eigenvalue weighted by Gasteiger charge is -2.24. The number of carbonyl (C=O) groups excluding carboxylic acids is 1. The van der Waals surface area contributed by atoms with Crippen LogP contribution in [0, 0.1) is 13.8 Å². The number of amides is 1. The monoisotopic (exact) mass is 607 g/mol. The number of rotatable bonds is 8. The van der Waals surface area contributed by atoms with Crippen LogP contribution in [0.15, 0.2) is 86.6 Å². The Morgan fingerprint density at radius 3 is 2.46 bits per heavy atom. The molecule has 11 heteroatoms. The number of fused-ring (bicyclic) bond motifs is 1. The Balaban J connectivity index is 1.49. The summed E-state index contributed by atoms with van der Waals surface area (Å²) in [6, 6.07) is 22.1. The summed E-state index contributed by atoms with van der Waals surface area (Å²) in [5, 5.41) is 1.51. The van der Waals surface area contributed by atoms with Crippen molar-refractivity contribution >= 4 is 67.4 Å². The van der Waals surface area contributed by atoms with Gasteiger partial charge in [-0.15, -0.1) is 0 Å². The first-order valence-electron chi connectivity index (χ1n) is 13.3. The van der Waals surface area contributed by atoms with Crippen molar-refractivity contribution in [2.75, 3.05) is 47.6 Å². The minimum Gasteiger partial charge on any atom is -0.370 e. The number of nitrogens with one attached hydrogen (secondary N) is 1. The van der Waals surface area contributed by atoms with E-state index >= 15 is 0 Å². The van der Waals surface area contributed by atoms with E-state index in [4.69, 9.17) is 4.99 Å². The van der Waals surface area contributed by atoms with Crippen LogP contribution in [-0.4, -0.2) is 52.4 Å². The molecule has 2 heterocycles. The highest BCUT2D eigenvalue weighted by Crippen LogP contribution is 2.50. The number of benzene rings is 3. The molecule has 2 aliphatic rings. The van der Waals surface area contributed by atoms with Crippen LogP contribution in [0.4, 0.5) is 22.7 Å². The van der Waals surface area contributed by atoms with Gasteiger partial charge in [0.1, 0.15) is 4.91 Å². The zero-order valence-electron chi connectivity index (χ0n) is 23.7. The van der Waals surface area contributed by atoms with Gasteiger partial charge in [-0.1, -0.05) is 36.0 Å². The molecular weight excluding hydrogens is 575 g/mol. The number of anilines is 3. The van der Waals surface area contributed by atoms with Crippen LogP contribution in [0.2, 0.25) is 0 Å². The number of hydrogen-bond acceptors (Lipinski definition) is 8. The summed E-state index contributed by atoms with van der Waals surface area (Å²) in [5.41, 5.74) is 5.64. The fourth-order valence-corrected chi connectivity index (χ4v) is 7.57. The maximum atomic E-state index is 14.0. The fourth-order valence-electron chi connectivity index (χ4n) is 4.77. The fraction of sp³-hybridized carbons (Fsp3) is 0.267. The molecule has 3 aromatic rings. The van der Waals surface area contributed by atoms with Crippen molar-refractivity contribution in [3.8, 4) is 0 Å². The van der Waals surface area contributed by atoms with Crippen LogP contribution < -0.4 is 19.4 Å². The second-order valence-electron chi connectivity index (χ2n) is 9.96. The van der Waals surface area contributed by atoms with E-state index in [9.17, 15) is 13.2 Å². The van der Waals surface area contributed by atoms with Crippen LogP contribution in [-0.2, 0) is 14.8 Å². The molecule has 41 heavy (non-hydrogen) atoms. The highest BCUT2D eigenvalue weighted by Gasteiger charge is 2.40. The predicted octanol–water partition coefficient (Wildman–Crippen LogP) is 5.86. The number of amidine groups is 1. The Hall–Kier alpha value is -3.25. The number of thioether (sulfide) groups is 2. The van der Waals surface area contributed by atoms with Crippen LogP contribution in [0.1, 0.15) is 18.1 Å². The second-order valence-corrected chi connectivity index (χ2v) is 13.8. The summed E-state index contributed by atoms with van der Waals surface area (Å²) in [6.45, 7) is 7.66. The van der Waals surface area contributed by atoms with Gasteiger partial charge in [-0.25, -0.2) is 18.1 Å². The Morgan fingerprint density at radius 2 is 1.78 bits per heavy atom. The van der Waals surface area contributed by atoms with E-state index in [2.05, 4.69) is 32.7 Å². The van der Waals surface area contributed by atoms with E-state index in [0.29, 0.717) is 23.2 Å². The molecule has 3 aromatic carbocycles. The van der Waals surface area contributed by atoms with Crippen molar-refractivity contribution < 1.29 is 13.2 Å². The van der Waals surface area contributed by atoms with Gasteiger partial charge in [0.05, 0.1) is 28.3 Å². The lowest BCUT2D eigenvalue weighted by molar-refractivity contribution is -0.113. The van der Waals surface area contributed by atoms with E-state index in [1.54, 1.807) is 16.7 Å². The number of hydrogen-bond donors (Lipinski definition) is 1. The molecule has 1 N–H and O–H groups in total. The van der Waals surface area contributed by atoms with Gasteiger partial charge in [0.15, 0.2) is 5.17 Å². The molecular formula is C30H33N5O3S3. The number of nitrogens with zero attached hydrogens (tertiary/aromatic N) is 4. The lowest BCUT2D eigenvalue weighted by atomic mass is 10.1. The van der Waals surface area contributed by atoms with Crippen molar-refractivity contribution in [2.45, 2.75) is 25.7 Å². The Morgan fingerprint density at radius 1 is 1.00 bits per heavy atom. The molecule has 0 bridgehead atoms. The van der Waals surface area contributed by atoms with Gasteiger partial charge in [0.2, 0.25) is 10.0 Å². The maximum Gasteiger partial charge on any atom is 0.274 e. The average molecular weight is 608 g/mol. The van der Waals surface area contributed by atoms with Crippen molar-refractivity contribution in [1.29, 1.82) is 0 Å². The summed E-state index contributed by atoms with van der Waals surface area (Å²) in [6.07, 6.45) is 1.16. The van der Waals surface area contributed by atoms with Crippen molar-refractivity contribution in [2.24, 2.45) is 4.99 Å². The van der Waals surface area contributed by atoms with Crippen LogP contribution >= 0.6 is 23.5 Å². The van der Waals surface area contributed by atoms with E-state index in [-0.39, 0.29) is 5.91 Å². The van der Waals surface area contributed by atoms with Crippen molar-refractivity contribution in [3.05, 3.63) is 87.8 Å². The molecule has 0 aliphatic carbocycles. The molecule has 1 amide bonds. The van der Waals surface area contributed by atoms with E-state index in [1.807, 2.05) is 76.3 Å². The summed E-state index contributed by atoms with van der Waals surface area (Å²) >= 11 is 3.01. The van der Waals surface area contributed by atoms with Crippen molar-refractivity contribution in [1.82, 2.24) is 4.72 Å². The molecule has 1 fully saturated rings. The first kappa shape index (κ1) is 29.2. The Kier molecular flexibility index (Phi) is 8.51. The molecule has 5 rings (SSSR count). The number of aliphatic imine (C=N–C) groups is 1. The maximum absolute atomic E-state index is 14.0. The molecule has 0 spiro atoms. The topological polar surface area (TPSA) is 85.3 Å². The van der Waals surface area contributed by atoms with Gasteiger partial charge >= 0.3 is 0 Å².